The van der Waals surface area contributed by atoms with E-state index < -0.39 is 24.5 Å². The average molecular weight is 342 g/mol. The van der Waals surface area contributed by atoms with Crippen LogP contribution >= 0.6 is 0 Å². The third kappa shape index (κ3) is 2.54. The van der Waals surface area contributed by atoms with Crippen LogP contribution in [0.1, 0.15) is 28.9 Å². The summed E-state index contributed by atoms with van der Waals surface area (Å²) in [5.41, 5.74) is 2.71. The summed E-state index contributed by atoms with van der Waals surface area (Å²) < 4.78 is 27.6. The molecule has 2 aliphatic heterocycles. The lowest BCUT2D eigenvalue weighted by atomic mass is 9.91. The van der Waals surface area contributed by atoms with Crippen molar-refractivity contribution in [1.82, 2.24) is 0 Å². The van der Waals surface area contributed by atoms with Gasteiger partial charge in [0.15, 0.2) is 29.8 Å². The molecular formula is C19H18O6. The molecule has 6 nitrogen and oxygen atoms in total. The van der Waals surface area contributed by atoms with Crippen LogP contribution < -0.4 is 14.2 Å². The van der Waals surface area contributed by atoms with Crippen LogP contribution in [0.25, 0.3) is 0 Å². The Bertz CT molecular complexity index is 831. The molecule has 2 aromatic rings. The van der Waals surface area contributed by atoms with E-state index in [2.05, 4.69) is 0 Å². The molecule has 0 spiro atoms. The number of hydrogen-bond donors (Lipinski definition) is 0. The van der Waals surface area contributed by atoms with Crippen LogP contribution in [0.4, 0.5) is 4.79 Å². The zero-order chi connectivity index (χ0) is 17.6. The average Bonchev–Trinajstić information content (AvgIpc) is 3.02. The van der Waals surface area contributed by atoms with E-state index in [0.717, 1.165) is 16.7 Å². The van der Waals surface area contributed by atoms with Crippen molar-refractivity contribution in [3.8, 4) is 17.2 Å². The largest absolute Gasteiger partial charge is 0.509 e. The second-order valence-electron chi connectivity index (χ2n) is 6.07. The maximum absolute atomic E-state index is 11.8. The molecule has 4 rings (SSSR count). The molecule has 0 amide bonds. The van der Waals surface area contributed by atoms with Gasteiger partial charge in [-0.25, -0.2) is 4.79 Å². The molecule has 0 aromatic heterocycles. The Morgan fingerprint density at radius 3 is 2.44 bits per heavy atom. The first-order chi connectivity index (χ1) is 12.1. The fourth-order valence-corrected chi connectivity index (χ4v) is 3.32. The first kappa shape index (κ1) is 15.6. The number of rotatable bonds is 3. The number of hydrogen-bond acceptors (Lipinski definition) is 6. The predicted octanol–water partition coefficient (Wildman–Crippen LogP) is 3.72. The molecule has 0 unspecified atom stereocenters. The maximum Gasteiger partial charge on any atom is 0.509 e. The van der Waals surface area contributed by atoms with Gasteiger partial charge < -0.3 is 23.7 Å². The molecular weight excluding hydrogens is 324 g/mol. The van der Waals surface area contributed by atoms with Crippen LogP contribution in [0.3, 0.4) is 0 Å². The van der Waals surface area contributed by atoms with Gasteiger partial charge in [-0.1, -0.05) is 17.7 Å². The molecule has 2 heterocycles. The summed E-state index contributed by atoms with van der Waals surface area (Å²) >= 11 is 0. The van der Waals surface area contributed by atoms with Gasteiger partial charge in [0.05, 0.1) is 14.2 Å². The van der Waals surface area contributed by atoms with Crippen molar-refractivity contribution >= 4 is 6.16 Å². The lowest BCUT2D eigenvalue weighted by Gasteiger charge is -2.33. The van der Waals surface area contributed by atoms with Crippen molar-refractivity contribution in [3.05, 3.63) is 53.1 Å². The van der Waals surface area contributed by atoms with Crippen molar-refractivity contribution < 1.29 is 28.5 Å². The third-order valence-electron chi connectivity index (χ3n) is 4.51. The van der Waals surface area contributed by atoms with Crippen LogP contribution in [0.2, 0.25) is 0 Å². The SMILES string of the molecule is COc1ccc([C@H]2Oc3ccc(C)cc3[C@@H]3OC(=O)O[C@H]23)cc1OC. The number of methoxy groups -OCH3 is 2. The fraction of sp³-hybridized carbons (Fsp3) is 0.316. The molecule has 3 atom stereocenters. The van der Waals surface area contributed by atoms with E-state index in [9.17, 15) is 4.79 Å². The summed E-state index contributed by atoms with van der Waals surface area (Å²) in [5, 5.41) is 0. The Balaban J connectivity index is 1.78. The standard InChI is InChI=1S/C19H18O6/c1-10-4-6-13-12(8-10)17-18(25-19(20)24-17)16(23-13)11-5-7-14(21-2)15(9-11)22-3/h4-9,16-18H,1-3H3/t16-,17+,18-/m1/s1. The van der Waals surface area contributed by atoms with Crippen LogP contribution in [0, 0.1) is 6.92 Å². The highest BCUT2D eigenvalue weighted by molar-refractivity contribution is 5.64. The van der Waals surface area contributed by atoms with E-state index in [-0.39, 0.29) is 0 Å². The van der Waals surface area contributed by atoms with Crippen LogP contribution in [-0.2, 0) is 9.47 Å². The topological polar surface area (TPSA) is 63.2 Å². The van der Waals surface area contributed by atoms with Gasteiger partial charge >= 0.3 is 6.16 Å². The molecule has 0 radical (unpaired) electrons. The number of benzene rings is 2. The second-order valence-corrected chi connectivity index (χ2v) is 6.07. The van der Waals surface area contributed by atoms with E-state index >= 15 is 0 Å². The second kappa shape index (κ2) is 5.88. The zero-order valence-electron chi connectivity index (χ0n) is 14.1. The fourth-order valence-electron chi connectivity index (χ4n) is 3.32. The first-order valence-corrected chi connectivity index (χ1v) is 7.97. The molecule has 6 heteroatoms. The van der Waals surface area contributed by atoms with E-state index in [4.69, 9.17) is 23.7 Å². The Morgan fingerprint density at radius 2 is 1.68 bits per heavy atom. The molecule has 0 bridgehead atoms. The molecule has 1 fully saturated rings. The molecule has 2 aliphatic rings. The lowest BCUT2D eigenvalue weighted by Crippen LogP contribution is -2.32. The summed E-state index contributed by atoms with van der Waals surface area (Å²) in [6.07, 6.45) is -2.22. The Morgan fingerprint density at radius 1 is 0.880 bits per heavy atom. The molecule has 2 aromatic carbocycles. The third-order valence-corrected chi connectivity index (χ3v) is 4.51. The highest BCUT2D eigenvalue weighted by Crippen LogP contribution is 2.48. The number of aryl methyl sites for hydroxylation is 1. The van der Waals surface area contributed by atoms with Gasteiger partial charge in [0.2, 0.25) is 0 Å². The lowest BCUT2D eigenvalue weighted by molar-refractivity contribution is 0.00773. The van der Waals surface area contributed by atoms with E-state index in [0.29, 0.717) is 17.2 Å². The van der Waals surface area contributed by atoms with Gasteiger partial charge in [-0.05, 0) is 31.2 Å². The van der Waals surface area contributed by atoms with Gasteiger partial charge in [0.1, 0.15) is 5.75 Å². The van der Waals surface area contributed by atoms with Crippen molar-refractivity contribution in [2.24, 2.45) is 0 Å². The van der Waals surface area contributed by atoms with Crippen molar-refractivity contribution in [2.45, 2.75) is 25.2 Å². The van der Waals surface area contributed by atoms with Gasteiger partial charge in [-0.3, -0.25) is 0 Å². The summed E-state index contributed by atoms with van der Waals surface area (Å²) in [7, 11) is 3.15. The quantitative estimate of drug-likeness (QED) is 0.792. The van der Waals surface area contributed by atoms with Gasteiger partial charge in [0.25, 0.3) is 0 Å². The molecule has 0 N–H and O–H groups in total. The Hall–Kier alpha value is -2.89. The van der Waals surface area contributed by atoms with Crippen molar-refractivity contribution in [2.75, 3.05) is 14.2 Å². The maximum atomic E-state index is 11.8. The van der Waals surface area contributed by atoms with E-state index in [1.165, 1.54) is 0 Å². The van der Waals surface area contributed by atoms with Gasteiger partial charge in [-0.2, -0.15) is 0 Å². The van der Waals surface area contributed by atoms with Crippen molar-refractivity contribution in [1.29, 1.82) is 0 Å². The minimum atomic E-state index is -0.682. The van der Waals surface area contributed by atoms with Crippen LogP contribution in [0.15, 0.2) is 36.4 Å². The number of carbonyl (C=O) groups excluding carboxylic acids is 1. The van der Waals surface area contributed by atoms with E-state index in [1.54, 1.807) is 20.3 Å². The van der Waals surface area contributed by atoms with Gasteiger partial charge in [-0.15, -0.1) is 0 Å². The normalized spacial score (nSPS) is 23.6. The zero-order valence-corrected chi connectivity index (χ0v) is 14.1. The Labute approximate surface area is 145 Å². The minimum absolute atomic E-state index is 0.491. The number of carbonyl (C=O) groups is 1. The molecule has 0 aliphatic carbocycles. The summed E-state index contributed by atoms with van der Waals surface area (Å²) in [5.74, 6) is 1.89. The van der Waals surface area contributed by atoms with E-state index in [1.807, 2.05) is 37.3 Å². The number of fused-ring (bicyclic) bond motifs is 3. The molecule has 130 valence electrons. The molecule has 0 saturated carbocycles. The van der Waals surface area contributed by atoms with Gasteiger partial charge in [0, 0.05) is 11.1 Å². The first-order valence-electron chi connectivity index (χ1n) is 7.97. The minimum Gasteiger partial charge on any atom is -0.493 e. The van der Waals surface area contributed by atoms with Crippen LogP contribution in [0.5, 0.6) is 17.2 Å². The molecule has 25 heavy (non-hydrogen) atoms. The summed E-state index contributed by atoms with van der Waals surface area (Å²) in [6, 6.07) is 11.3. The highest BCUT2D eigenvalue weighted by atomic mass is 16.8. The summed E-state index contributed by atoms with van der Waals surface area (Å²) in [6.45, 7) is 1.98. The smallest absolute Gasteiger partial charge is 0.493 e. The highest BCUT2D eigenvalue weighted by Gasteiger charge is 2.49. The predicted molar refractivity (Wildman–Crippen MR) is 88.2 cm³/mol. The summed E-state index contributed by atoms with van der Waals surface area (Å²) in [4.78, 5) is 11.8. The number of ether oxygens (including phenoxy) is 5. The van der Waals surface area contributed by atoms with Crippen LogP contribution in [-0.4, -0.2) is 26.5 Å². The van der Waals surface area contributed by atoms with Crippen molar-refractivity contribution in [3.63, 3.8) is 0 Å². The monoisotopic (exact) mass is 342 g/mol. The molecule has 1 saturated heterocycles. The Kier molecular flexibility index (Phi) is 3.67.